The van der Waals surface area contributed by atoms with Gasteiger partial charge in [-0.2, -0.15) is 0 Å². The van der Waals surface area contributed by atoms with Gasteiger partial charge in [-0.15, -0.1) is 0 Å². The van der Waals surface area contributed by atoms with E-state index in [9.17, 15) is 0 Å². The maximum Gasteiger partial charge on any atom is 0.202 e. The first-order valence-corrected chi connectivity index (χ1v) is 6.11. The highest BCUT2D eigenvalue weighted by atomic mass is 15.2. The summed E-state index contributed by atoms with van der Waals surface area (Å²) in [4.78, 5) is 4.30. The normalized spacial score (nSPS) is 12.4. The minimum absolute atomic E-state index is 0.484. The van der Waals surface area contributed by atoms with Gasteiger partial charge in [0, 0.05) is 25.5 Å². The van der Waals surface area contributed by atoms with Crippen molar-refractivity contribution in [3.63, 3.8) is 0 Å². The number of aromatic nitrogens is 2. The Bertz CT molecular complexity index is 448. The molecule has 0 fully saturated rings. The van der Waals surface area contributed by atoms with Crippen LogP contribution in [0, 0.1) is 0 Å². The third-order valence-corrected chi connectivity index (χ3v) is 2.99. The molecule has 0 radical (unpaired) electrons. The van der Waals surface area contributed by atoms with Crippen molar-refractivity contribution >= 4 is 5.95 Å². The van der Waals surface area contributed by atoms with Crippen molar-refractivity contribution in [1.29, 1.82) is 0 Å². The van der Waals surface area contributed by atoms with E-state index in [0.717, 1.165) is 19.0 Å². The standard InChI is InChI=1S/C14H19N3/c1-3-17-10-9-15-14(17)16-11-12(2)13-7-5-4-6-8-13/h4-10,12H,3,11H2,1-2H3,(H,15,16). The van der Waals surface area contributed by atoms with Crippen molar-refractivity contribution in [3.8, 4) is 0 Å². The van der Waals surface area contributed by atoms with E-state index in [0.29, 0.717) is 5.92 Å². The molecule has 0 saturated carbocycles. The predicted octanol–water partition coefficient (Wildman–Crippen LogP) is 3.12. The quantitative estimate of drug-likeness (QED) is 0.853. The van der Waals surface area contributed by atoms with Crippen molar-refractivity contribution in [2.24, 2.45) is 0 Å². The average Bonchev–Trinajstić information content (AvgIpc) is 2.84. The summed E-state index contributed by atoms with van der Waals surface area (Å²) in [5.41, 5.74) is 1.36. The number of aryl methyl sites for hydroxylation is 1. The summed E-state index contributed by atoms with van der Waals surface area (Å²) in [5, 5.41) is 3.39. The van der Waals surface area contributed by atoms with Gasteiger partial charge in [0.15, 0.2) is 0 Å². The van der Waals surface area contributed by atoms with Gasteiger partial charge in [-0.05, 0) is 18.4 Å². The molecule has 0 saturated heterocycles. The highest BCUT2D eigenvalue weighted by molar-refractivity contribution is 5.28. The van der Waals surface area contributed by atoms with Gasteiger partial charge in [0.05, 0.1) is 0 Å². The minimum Gasteiger partial charge on any atom is -0.355 e. The summed E-state index contributed by atoms with van der Waals surface area (Å²) in [6.07, 6.45) is 3.83. The van der Waals surface area contributed by atoms with E-state index in [1.54, 1.807) is 0 Å². The molecule has 3 nitrogen and oxygen atoms in total. The molecule has 1 unspecified atom stereocenters. The zero-order chi connectivity index (χ0) is 12.1. The van der Waals surface area contributed by atoms with Crippen LogP contribution < -0.4 is 5.32 Å². The smallest absolute Gasteiger partial charge is 0.202 e. The molecule has 1 aromatic heterocycles. The van der Waals surface area contributed by atoms with Gasteiger partial charge in [-0.25, -0.2) is 4.98 Å². The molecule has 0 bridgehead atoms. The van der Waals surface area contributed by atoms with Crippen LogP contribution in [0.5, 0.6) is 0 Å². The summed E-state index contributed by atoms with van der Waals surface area (Å²) in [5.74, 6) is 1.44. The second-order valence-corrected chi connectivity index (χ2v) is 4.23. The lowest BCUT2D eigenvalue weighted by molar-refractivity contribution is 0.741. The molecule has 2 rings (SSSR count). The van der Waals surface area contributed by atoms with Crippen LogP contribution in [0.3, 0.4) is 0 Å². The van der Waals surface area contributed by atoms with E-state index in [1.165, 1.54) is 5.56 Å². The Hall–Kier alpha value is -1.77. The third-order valence-electron chi connectivity index (χ3n) is 2.99. The molecule has 1 aromatic carbocycles. The molecule has 0 amide bonds. The SMILES string of the molecule is CCn1ccnc1NCC(C)c1ccccc1. The van der Waals surface area contributed by atoms with Crippen molar-refractivity contribution in [1.82, 2.24) is 9.55 Å². The van der Waals surface area contributed by atoms with Crippen LogP contribution in [0.4, 0.5) is 5.95 Å². The van der Waals surface area contributed by atoms with Crippen molar-refractivity contribution < 1.29 is 0 Å². The first kappa shape index (κ1) is 11.7. The summed E-state index contributed by atoms with van der Waals surface area (Å²) >= 11 is 0. The van der Waals surface area contributed by atoms with Gasteiger partial charge in [-0.1, -0.05) is 37.3 Å². The predicted molar refractivity (Wildman–Crippen MR) is 71.2 cm³/mol. The van der Waals surface area contributed by atoms with Gasteiger partial charge in [-0.3, -0.25) is 0 Å². The fourth-order valence-electron chi connectivity index (χ4n) is 1.88. The molecule has 0 aliphatic carbocycles. The number of benzene rings is 1. The van der Waals surface area contributed by atoms with Gasteiger partial charge in [0.2, 0.25) is 5.95 Å². The average molecular weight is 229 g/mol. The van der Waals surface area contributed by atoms with Crippen LogP contribution in [0.15, 0.2) is 42.7 Å². The Labute approximate surface area is 103 Å². The Balaban J connectivity index is 1.95. The second-order valence-electron chi connectivity index (χ2n) is 4.23. The van der Waals surface area contributed by atoms with Crippen LogP contribution in [0.25, 0.3) is 0 Å². The second kappa shape index (κ2) is 5.53. The largest absolute Gasteiger partial charge is 0.355 e. The van der Waals surface area contributed by atoms with Crippen LogP contribution >= 0.6 is 0 Å². The Morgan fingerprint density at radius 1 is 1.29 bits per heavy atom. The molecular formula is C14H19N3. The molecule has 1 N–H and O–H groups in total. The van der Waals surface area contributed by atoms with Crippen LogP contribution in [0.1, 0.15) is 25.3 Å². The number of hydrogen-bond donors (Lipinski definition) is 1. The molecule has 0 spiro atoms. The molecule has 2 aromatic rings. The summed E-state index contributed by atoms with van der Waals surface area (Å²) in [6, 6.07) is 10.5. The zero-order valence-corrected chi connectivity index (χ0v) is 10.4. The molecule has 90 valence electrons. The van der Waals surface area contributed by atoms with E-state index < -0.39 is 0 Å². The van der Waals surface area contributed by atoms with Gasteiger partial charge < -0.3 is 9.88 Å². The molecule has 1 atom stereocenters. The summed E-state index contributed by atoms with van der Waals surface area (Å²) < 4.78 is 2.11. The number of anilines is 1. The van der Waals surface area contributed by atoms with Crippen molar-refractivity contribution in [2.75, 3.05) is 11.9 Å². The van der Waals surface area contributed by atoms with Gasteiger partial charge in [0.25, 0.3) is 0 Å². The van der Waals surface area contributed by atoms with Crippen LogP contribution in [0.2, 0.25) is 0 Å². The summed E-state index contributed by atoms with van der Waals surface area (Å²) in [6.45, 7) is 6.19. The van der Waals surface area contributed by atoms with Crippen molar-refractivity contribution in [2.45, 2.75) is 26.3 Å². The lowest BCUT2D eigenvalue weighted by Gasteiger charge is -2.14. The van der Waals surface area contributed by atoms with E-state index in [4.69, 9.17) is 0 Å². The van der Waals surface area contributed by atoms with E-state index in [1.807, 2.05) is 18.5 Å². The highest BCUT2D eigenvalue weighted by Gasteiger charge is 2.06. The highest BCUT2D eigenvalue weighted by Crippen LogP contribution is 2.15. The number of nitrogens with one attached hydrogen (secondary N) is 1. The fourth-order valence-corrected chi connectivity index (χ4v) is 1.88. The Morgan fingerprint density at radius 3 is 2.76 bits per heavy atom. The molecule has 1 heterocycles. The zero-order valence-electron chi connectivity index (χ0n) is 10.4. The van der Waals surface area contributed by atoms with Crippen LogP contribution in [-0.4, -0.2) is 16.1 Å². The van der Waals surface area contributed by atoms with E-state index >= 15 is 0 Å². The lowest BCUT2D eigenvalue weighted by Crippen LogP contribution is -2.13. The fraction of sp³-hybridized carbons (Fsp3) is 0.357. The number of hydrogen-bond acceptors (Lipinski definition) is 2. The number of rotatable bonds is 5. The maximum absolute atomic E-state index is 4.30. The molecule has 17 heavy (non-hydrogen) atoms. The molecule has 3 heteroatoms. The molecule has 0 aliphatic rings. The minimum atomic E-state index is 0.484. The molecular weight excluding hydrogens is 210 g/mol. The first-order valence-electron chi connectivity index (χ1n) is 6.11. The topological polar surface area (TPSA) is 29.9 Å². The van der Waals surface area contributed by atoms with Gasteiger partial charge >= 0.3 is 0 Å². The lowest BCUT2D eigenvalue weighted by atomic mass is 10.0. The van der Waals surface area contributed by atoms with E-state index in [2.05, 4.69) is 53.0 Å². The van der Waals surface area contributed by atoms with E-state index in [-0.39, 0.29) is 0 Å². The maximum atomic E-state index is 4.30. The monoisotopic (exact) mass is 229 g/mol. The Kier molecular flexibility index (Phi) is 3.81. The third kappa shape index (κ3) is 2.87. The first-order chi connectivity index (χ1) is 8.31. The molecule has 0 aliphatic heterocycles. The number of nitrogens with zero attached hydrogens (tertiary/aromatic N) is 2. The van der Waals surface area contributed by atoms with Crippen LogP contribution in [-0.2, 0) is 6.54 Å². The number of imidazole rings is 1. The van der Waals surface area contributed by atoms with Crippen molar-refractivity contribution in [3.05, 3.63) is 48.3 Å². The van der Waals surface area contributed by atoms with Gasteiger partial charge in [0.1, 0.15) is 0 Å². The summed E-state index contributed by atoms with van der Waals surface area (Å²) in [7, 11) is 0. The Morgan fingerprint density at radius 2 is 2.06 bits per heavy atom.